The number of phosphoric ester groups is 1. The van der Waals surface area contributed by atoms with Crippen LogP contribution in [0.2, 0.25) is 0 Å². The molecule has 0 aliphatic rings. The maximum absolute atomic E-state index is 10.6. The van der Waals surface area contributed by atoms with Gasteiger partial charge in [-0.1, -0.05) is 66.2 Å². The molecule has 0 fully saturated rings. The van der Waals surface area contributed by atoms with Crippen LogP contribution >= 0.6 is 7.82 Å². The number of hydrogen-bond acceptors (Lipinski definition) is 2. The van der Waals surface area contributed by atoms with Crippen molar-refractivity contribution < 1.29 is 18.9 Å². The van der Waals surface area contributed by atoms with Crippen molar-refractivity contribution in [2.75, 3.05) is 6.61 Å². The van der Waals surface area contributed by atoms with E-state index < -0.39 is 7.82 Å². The Morgan fingerprint density at radius 1 is 1.10 bits per heavy atom. The van der Waals surface area contributed by atoms with Gasteiger partial charge in [-0.2, -0.15) is 0 Å². The van der Waals surface area contributed by atoms with E-state index in [0.29, 0.717) is 17.8 Å². The molecule has 128 valence electrons. The summed E-state index contributed by atoms with van der Waals surface area (Å²) in [6.07, 6.45) is 10.9. The van der Waals surface area contributed by atoms with Crippen LogP contribution in [0.5, 0.6) is 0 Å². The second-order valence-corrected chi connectivity index (χ2v) is 8.34. The van der Waals surface area contributed by atoms with Crippen LogP contribution in [0.3, 0.4) is 0 Å². The third-order valence-corrected chi connectivity index (χ3v) is 4.50. The first kappa shape index (κ1) is 21.1. The summed E-state index contributed by atoms with van der Waals surface area (Å²) in [6, 6.07) is 0. The van der Waals surface area contributed by atoms with E-state index in [-0.39, 0.29) is 6.61 Å². The van der Waals surface area contributed by atoms with Crippen LogP contribution in [0.15, 0.2) is 0 Å². The van der Waals surface area contributed by atoms with E-state index in [2.05, 4.69) is 32.2 Å². The average Bonchev–Trinajstić information content (AvgIpc) is 2.31. The minimum absolute atomic E-state index is 0.137. The van der Waals surface area contributed by atoms with Crippen LogP contribution in [-0.2, 0) is 9.09 Å². The van der Waals surface area contributed by atoms with Gasteiger partial charge in [0.25, 0.3) is 0 Å². The molecule has 4 nitrogen and oxygen atoms in total. The zero-order valence-electron chi connectivity index (χ0n) is 14.3. The number of phosphoric acid groups is 1. The zero-order chi connectivity index (χ0) is 16.4. The lowest BCUT2D eigenvalue weighted by atomic mass is 9.78. The second-order valence-electron chi connectivity index (χ2n) is 7.10. The highest BCUT2D eigenvalue weighted by Crippen LogP contribution is 2.37. The van der Waals surface area contributed by atoms with Crippen molar-refractivity contribution in [3.8, 4) is 0 Å². The van der Waals surface area contributed by atoms with E-state index in [1.807, 2.05) is 0 Å². The van der Waals surface area contributed by atoms with Gasteiger partial charge in [0.05, 0.1) is 6.61 Å². The molecule has 5 heteroatoms. The van der Waals surface area contributed by atoms with Crippen LogP contribution < -0.4 is 0 Å². The molecule has 0 aliphatic heterocycles. The van der Waals surface area contributed by atoms with Crippen molar-refractivity contribution in [3.05, 3.63) is 0 Å². The van der Waals surface area contributed by atoms with Crippen LogP contribution in [0.1, 0.15) is 85.5 Å². The van der Waals surface area contributed by atoms with E-state index in [1.54, 1.807) is 0 Å². The molecular formula is C16H35O4P. The van der Waals surface area contributed by atoms with Gasteiger partial charge >= 0.3 is 7.82 Å². The Morgan fingerprint density at radius 3 is 2.24 bits per heavy atom. The predicted octanol–water partition coefficient (Wildman–Crippen LogP) is 5.29. The van der Waals surface area contributed by atoms with Crippen molar-refractivity contribution in [2.45, 2.75) is 85.5 Å². The SMILES string of the molecule is CCCCCCCCC(C)(C)CC(C)CCOP(=O)(O)O. The fourth-order valence-electron chi connectivity index (χ4n) is 2.90. The highest BCUT2D eigenvalue weighted by atomic mass is 31.2. The Balaban J connectivity index is 3.76. The van der Waals surface area contributed by atoms with E-state index >= 15 is 0 Å². The summed E-state index contributed by atoms with van der Waals surface area (Å²) < 4.78 is 15.1. The van der Waals surface area contributed by atoms with E-state index in [9.17, 15) is 4.57 Å². The molecule has 0 saturated carbocycles. The molecule has 0 aromatic rings. The fraction of sp³-hybridized carbons (Fsp3) is 1.00. The standard InChI is InChI=1S/C16H35O4P/c1-5-6-7-8-9-10-12-16(3,4)14-15(2)11-13-20-21(17,18)19/h15H,5-14H2,1-4H3,(H2,17,18,19). The Hall–Kier alpha value is 0.110. The first-order valence-corrected chi connectivity index (χ1v) is 9.89. The van der Waals surface area contributed by atoms with E-state index in [0.717, 1.165) is 6.42 Å². The highest BCUT2D eigenvalue weighted by molar-refractivity contribution is 7.46. The van der Waals surface area contributed by atoms with Crippen LogP contribution in [0, 0.1) is 11.3 Å². The lowest BCUT2D eigenvalue weighted by Crippen LogP contribution is -2.16. The van der Waals surface area contributed by atoms with Gasteiger partial charge < -0.3 is 9.79 Å². The van der Waals surface area contributed by atoms with Gasteiger partial charge in [-0.15, -0.1) is 0 Å². The monoisotopic (exact) mass is 322 g/mol. The summed E-state index contributed by atoms with van der Waals surface area (Å²) in [6.45, 7) is 9.09. The average molecular weight is 322 g/mol. The molecule has 0 spiro atoms. The maximum Gasteiger partial charge on any atom is 0.469 e. The van der Waals surface area contributed by atoms with Crippen molar-refractivity contribution in [1.82, 2.24) is 0 Å². The molecule has 0 aromatic carbocycles. The molecule has 0 bridgehead atoms. The predicted molar refractivity (Wildman–Crippen MR) is 88.2 cm³/mol. The van der Waals surface area contributed by atoms with Gasteiger partial charge in [-0.25, -0.2) is 4.57 Å². The topological polar surface area (TPSA) is 66.8 Å². The minimum Gasteiger partial charge on any atom is -0.303 e. The molecular weight excluding hydrogens is 287 g/mol. The van der Waals surface area contributed by atoms with Gasteiger partial charge in [-0.05, 0) is 30.6 Å². The normalized spacial score (nSPS) is 14.4. The van der Waals surface area contributed by atoms with Crippen LogP contribution in [0.25, 0.3) is 0 Å². The number of rotatable bonds is 13. The fourth-order valence-corrected chi connectivity index (χ4v) is 3.25. The van der Waals surface area contributed by atoms with Crippen molar-refractivity contribution in [1.29, 1.82) is 0 Å². The van der Waals surface area contributed by atoms with Gasteiger partial charge in [-0.3, -0.25) is 4.52 Å². The van der Waals surface area contributed by atoms with Crippen LogP contribution in [0.4, 0.5) is 0 Å². The Bertz CT molecular complexity index is 299. The maximum atomic E-state index is 10.6. The van der Waals surface area contributed by atoms with Gasteiger partial charge in [0.1, 0.15) is 0 Å². The Labute approximate surface area is 130 Å². The van der Waals surface area contributed by atoms with Crippen LogP contribution in [-0.4, -0.2) is 16.4 Å². The van der Waals surface area contributed by atoms with E-state index in [1.165, 1.54) is 44.9 Å². The third kappa shape index (κ3) is 14.8. The summed E-state index contributed by atoms with van der Waals surface area (Å²) >= 11 is 0. The molecule has 2 N–H and O–H groups in total. The van der Waals surface area contributed by atoms with Crippen molar-refractivity contribution in [2.24, 2.45) is 11.3 Å². The molecule has 1 atom stereocenters. The first-order valence-electron chi connectivity index (χ1n) is 8.36. The van der Waals surface area contributed by atoms with Gasteiger partial charge in [0, 0.05) is 0 Å². The molecule has 0 saturated heterocycles. The summed E-state index contributed by atoms with van der Waals surface area (Å²) in [4.78, 5) is 17.3. The third-order valence-electron chi connectivity index (χ3n) is 3.98. The molecule has 0 amide bonds. The summed E-state index contributed by atoms with van der Waals surface area (Å²) in [5.41, 5.74) is 0.298. The Kier molecular flexibility index (Phi) is 10.8. The summed E-state index contributed by atoms with van der Waals surface area (Å²) in [5.74, 6) is 0.423. The van der Waals surface area contributed by atoms with E-state index in [4.69, 9.17) is 9.79 Å². The van der Waals surface area contributed by atoms with Crippen molar-refractivity contribution >= 4 is 7.82 Å². The van der Waals surface area contributed by atoms with Gasteiger partial charge in [0.2, 0.25) is 0 Å². The molecule has 1 unspecified atom stereocenters. The quantitative estimate of drug-likeness (QED) is 0.357. The molecule has 21 heavy (non-hydrogen) atoms. The summed E-state index contributed by atoms with van der Waals surface area (Å²) in [7, 11) is -4.30. The Morgan fingerprint density at radius 2 is 1.67 bits per heavy atom. The number of unbranched alkanes of at least 4 members (excludes halogenated alkanes) is 5. The highest BCUT2D eigenvalue weighted by Gasteiger charge is 2.21. The first-order chi connectivity index (χ1) is 9.66. The van der Waals surface area contributed by atoms with Crippen molar-refractivity contribution in [3.63, 3.8) is 0 Å². The zero-order valence-corrected chi connectivity index (χ0v) is 15.2. The largest absolute Gasteiger partial charge is 0.469 e. The molecule has 0 heterocycles. The summed E-state index contributed by atoms with van der Waals surface area (Å²) in [5, 5.41) is 0. The number of hydrogen-bond donors (Lipinski definition) is 2. The minimum atomic E-state index is -4.30. The molecule has 0 aliphatic carbocycles. The lowest BCUT2D eigenvalue weighted by molar-refractivity contribution is 0.171. The lowest BCUT2D eigenvalue weighted by Gasteiger charge is -2.28. The molecule has 0 aromatic heterocycles. The smallest absolute Gasteiger partial charge is 0.303 e. The van der Waals surface area contributed by atoms with Gasteiger partial charge in [0.15, 0.2) is 0 Å². The molecule has 0 radical (unpaired) electrons. The molecule has 0 rings (SSSR count). The second kappa shape index (κ2) is 10.8.